The van der Waals surface area contributed by atoms with Gasteiger partial charge in [0.25, 0.3) is 0 Å². The third kappa shape index (κ3) is 2.90. The van der Waals surface area contributed by atoms with Crippen LogP contribution in [0.25, 0.3) is 17.2 Å². The minimum absolute atomic E-state index is 0.195. The average Bonchev–Trinajstić information content (AvgIpc) is 2.69. The minimum Gasteiger partial charge on any atom is -0.207 e. The van der Waals surface area contributed by atoms with E-state index in [1.807, 2.05) is 18.2 Å². The van der Waals surface area contributed by atoms with Crippen LogP contribution in [0, 0.1) is 11.6 Å². The SMILES string of the molecule is Fc1ccc(CC2Cc3c(ccc4c3CCC=C4)-c3cc(F)ccc32)cc1. The third-order valence-electron chi connectivity index (χ3n) is 5.92. The lowest BCUT2D eigenvalue weighted by atomic mass is 9.73. The van der Waals surface area contributed by atoms with E-state index in [4.69, 9.17) is 0 Å². The Bertz CT molecular complexity index is 1040. The van der Waals surface area contributed by atoms with E-state index < -0.39 is 0 Å². The molecule has 0 saturated heterocycles. The van der Waals surface area contributed by atoms with Crippen LogP contribution in [0.15, 0.2) is 60.7 Å². The predicted molar refractivity (Wildman–Crippen MR) is 106 cm³/mol. The van der Waals surface area contributed by atoms with Crippen molar-refractivity contribution in [3.63, 3.8) is 0 Å². The molecule has 0 spiro atoms. The number of fused-ring (bicyclic) bond motifs is 5. The van der Waals surface area contributed by atoms with Crippen LogP contribution >= 0.6 is 0 Å². The van der Waals surface area contributed by atoms with Gasteiger partial charge in [0.1, 0.15) is 11.6 Å². The van der Waals surface area contributed by atoms with E-state index in [1.165, 1.54) is 39.9 Å². The number of hydrogen-bond donors (Lipinski definition) is 0. The predicted octanol–water partition coefficient (Wildman–Crippen LogP) is 6.47. The van der Waals surface area contributed by atoms with Crippen LogP contribution in [0.3, 0.4) is 0 Å². The summed E-state index contributed by atoms with van der Waals surface area (Å²) in [6.45, 7) is 0. The van der Waals surface area contributed by atoms with Crippen LogP contribution in [-0.4, -0.2) is 0 Å². The summed E-state index contributed by atoms with van der Waals surface area (Å²) in [5.41, 5.74) is 8.57. The number of allylic oxidation sites excluding steroid dienone is 1. The zero-order chi connectivity index (χ0) is 18.4. The summed E-state index contributed by atoms with van der Waals surface area (Å²) < 4.78 is 27.4. The highest BCUT2D eigenvalue weighted by Crippen LogP contribution is 2.44. The summed E-state index contributed by atoms with van der Waals surface area (Å²) in [5.74, 6) is -0.133. The molecule has 0 N–H and O–H groups in total. The summed E-state index contributed by atoms with van der Waals surface area (Å²) in [7, 11) is 0. The largest absolute Gasteiger partial charge is 0.207 e. The molecule has 3 aromatic rings. The van der Waals surface area contributed by atoms with Gasteiger partial charge < -0.3 is 0 Å². The molecule has 0 heterocycles. The first-order valence-electron chi connectivity index (χ1n) is 9.54. The van der Waals surface area contributed by atoms with Gasteiger partial charge in [-0.3, -0.25) is 0 Å². The zero-order valence-corrected chi connectivity index (χ0v) is 15.0. The van der Waals surface area contributed by atoms with Crippen molar-refractivity contribution in [1.29, 1.82) is 0 Å². The first-order valence-corrected chi connectivity index (χ1v) is 9.54. The molecule has 2 heteroatoms. The molecular weight excluding hydrogens is 338 g/mol. The highest BCUT2D eigenvalue weighted by Gasteiger charge is 2.28. The van der Waals surface area contributed by atoms with Gasteiger partial charge in [-0.2, -0.15) is 0 Å². The van der Waals surface area contributed by atoms with Crippen LogP contribution in [0.4, 0.5) is 8.78 Å². The maximum Gasteiger partial charge on any atom is 0.123 e. The first-order chi connectivity index (χ1) is 13.2. The molecule has 0 aliphatic heterocycles. The first kappa shape index (κ1) is 16.4. The van der Waals surface area contributed by atoms with Crippen molar-refractivity contribution in [3.05, 3.63) is 100 Å². The van der Waals surface area contributed by atoms with E-state index in [2.05, 4.69) is 24.3 Å². The Labute approximate surface area is 158 Å². The molecule has 1 atom stereocenters. The van der Waals surface area contributed by atoms with E-state index in [0.29, 0.717) is 0 Å². The molecule has 0 amide bonds. The van der Waals surface area contributed by atoms with Crippen LogP contribution < -0.4 is 0 Å². The Kier molecular flexibility index (Phi) is 3.93. The Morgan fingerprint density at radius 3 is 2.48 bits per heavy atom. The molecule has 1 unspecified atom stereocenters. The summed E-state index contributed by atoms with van der Waals surface area (Å²) in [5, 5.41) is 0. The van der Waals surface area contributed by atoms with E-state index in [9.17, 15) is 8.78 Å². The fourth-order valence-electron chi connectivity index (χ4n) is 4.65. The molecule has 0 bridgehead atoms. The maximum absolute atomic E-state index is 14.1. The molecule has 0 aromatic heterocycles. The van der Waals surface area contributed by atoms with Crippen molar-refractivity contribution in [2.75, 3.05) is 0 Å². The van der Waals surface area contributed by atoms with Crippen molar-refractivity contribution < 1.29 is 8.78 Å². The van der Waals surface area contributed by atoms with Gasteiger partial charge in [-0.1, -0.05) is 42.5 Å². The minimum atomic E-state index is -0.212. The quantitative estimate of drug-likeness (QED) is 0.492. The van der Waals surface area contributed by atoms with Gasteiger partial charge >= 0.3 is 0 Å². The summed E-state index contributed by atoms with van der Waals surface area (Å²) >= 11 is 0. The van der Waals surface area contributed by atoms with Crippen molar-refractivity contribution in [3.8, 4) is 11.1 Å². The Hall–Kier alpha value is -2.74. The van der Waals surface area contributed by atoms with Crippen molar-refractivity contribution in [1.82, 2.24) is 0 Å². The average molecular weight is 358 g/mol. The van der Waals surface area contributed by atoms with Gasteiger partial charge in [0.15, 0.2) is 0 Å². The molecule has 2 aliphatic carbocycles. The number of hydrogen-bond acceptors (Lipinski definition) is 0. The smallest absolute Gasteiger partial charge is 0.123 e. The highest BCUT2D eigenvalue weighted by molar-refractivity contribution is 5.78. The lowest BCUT2D eigenvalue weighted by Crippen LogP contribution is -2.17. The van der Waals surface area contributed by atoms with Gasteiger partial charge in [0.05, 0.1) is 0 Å². The maximum atomic E-state index is 14.1. The second kappa shape index (κ2) is 6.45. The molecule has 5 rings (SSSR count). The molecule has 3 aromatic carbocycles. The fourth-order valence-corrected chi connectivity index (χ4v) is 4.65. The second-order valence-corrected chi connectivity index (χ2v) is 7.56. The van der Waals surface area contributed by atoms with Gasteiger partial charge in [-0.25, -0.2) is 8.78 Å². The molecule has 0 nitrogen and oxygen atoms in total. The van der Waals surface area contributed by atoms with E-state index >= 15 is 0 Å². The van der Waals surface area contributed by atoms with E-state index in [1.54, 1.807) is 12.1 Å². The molecule has 134 valence electrons. The van der Waals surface area contributed by atoms with Crippen molar-refractivity contribution >= 4 is 6.08 Å². The molecule has 27 heavy (non-hydrogen) atoms. The van der Waals surface area contributed by atoms with Gasteiger partial charge in [-0.05, 0) is 94.8 Å². The van der Waals surface area contributed by atoms with Gasteiger partial charge in [0.2, 0.25) is 0 Å². The Morgan fingerprint density at radius 2 is 1.63 bits per heavy atom. The fraction of sp³-hybridized carbons (Fsp3) is 0.200. The summed E-state index contributed by atoms with van der Waals surface area (Å²) in [6.07, 6.45) is 8.31. The summed E-state index contributed by atoms with van der Waals surface area (Å²) in [4.78, 5) is 0. The van der Waals surface area contributed by atoms with Crippen molar-refractivity contribution in [2.24, 2.45) is 0 Å². The topological polar surface area (TPSA) is 0 Å². The van der Waals surface area contributed by atoms with E-state index in [0.717, 1.165) is 36.8 Å². The molecule has 0 saturated carbocycles. The molecule has 2 aliphatic rings. The number of benzene rings is 3. The summed E-state index contributed by atoms with van der Waals surface area (Å²) in [6, 6.07) is 16.2. The van der Waals surface area contributed by atoms with Crippen LogP contribution in [0.1, 0.15) is 40.2 Å². The van der Waals surface area contributed by atoms with Gasteiger partial charge in [0, 0.05) is 0 Å². The van der Waals surface area contributed by atoms with E-state index in [-0.39, 0.29) is 17.6 Å². The highest BCUT2D eigenvalue weighted by atomic mass is 19.1. The standard InChI is InChI=1S/C25H20F2/c26-19-8-5-16(6-9-19)13-18-14-24-21-4-2-1-3-17(21)7-11-23(24)25-15-20(27)10-12-22(18)25/h1,3,5-12,15,18H,2,4,13-14H2. The second-order valence-electron chi connectivity index (χ2n) is 7.56. The van der Waals surface area contributed by atoms with Crippen LogP contribution in [-0.2, 0) is 19.3 Å². The number of halogens is 2. The lowest BCUT2D eigenvalue weighted by Gasteiger charge is -2.31. The molecule has 0 radical (unpaired) electrons. The zero-order valence-electron chi connectivity index (χ0n) is 15.0. The molecular formula is C25H20F2. The third-order valence-corrected chi connectivity index (χ3v) is 5.92. The van der Waals surface area contributed by atoms with Gasteiger partial charge in [-0.15, -0.1) is 0 Å². The Morgan fingerprint density at radius 1 is 0.815 bits per heavy atom. The number of rotatable bonds is 2. The monoisotopic (exact) mass is 358 g/mol. The van der Waals surface area contributed by atoms with Crippen molar-refractivity contribution in [2.45, 2.75) is 31.6 Å². The van der Waals surface area contributed by atoms with Crippen LogP contribution in [0.2, 0.25) is 0 Å². The lowest BCUT2D eigenvalue weighted by molar-refractivity contribution is 0.617. The normalized spacial score (nSPS) is 17.2. The van der Waals surface area contributed by atoms with Crippen LogP contribution in [0.5, 0.6) is 0 Å². The Balaban J connectivity index is 1.63. The molecule has 0 fully saturated rings.